The Morgan fingerprint density at radius 3 is 1.58 bits per heavy atom. The zero-order valence-corrected chi connectivity index (χ0v) is 6.81. The smallest absolute Gasteiger partial charge is 0.430 e. The Kier molecular flexibility index (Phi) is 7.93. The van der Waals surface area contributed by atoms with Gasteiger partial charge in [0.05, 0.1) is 0 Å². The third-order valence-corrected chi connectivity index (χ3v) is 0.679. The molecule has 6 heteroatoms. The van der Waals surface area contributed by atoms with Crippen LogP contribution in [0, 0.1) is 0 Å². The topological polar surface area (TPSA) is 54.2 Å². The van der Waals surface area contributed by atoms with Crippen LogP contribution < -0.4 is 5.11 Å². The van der Waals surface area contributed by atoms with Crippen LogP contribution in [-0.2, 0) is 4.79 Å². The zero-order valence-electron chi connectivity index (χ0n) is 6.81. The SMILES string of the molecule is CC[N-]CC.O=C([O-])C(F)(F)F. The molecule has 3 nitrogen and oxygen atoms in total. The number of hydrogen-bond acceptors (Lipinski definition) is 2. The van der Waals surface area contributed by atoms with Crippen LogP contribution in [0.1, 0.15) is 13.8 Å². The van der Waals surface area contributed by atoms with E-state index in [1.54, 1.807) is 0 Å². The molecule has 0 spiro atoms. The lowest BCUT2D eigenvalue weighted by Crippen LogP contribution is -2.37. The molecule has 0 heterocycles. The first-order valence-electron chi connectivity index (χ1n) is 3.27. The minimum absolute atomic E-state index is 0.969. The van der Waals surface area contributed by atoms with Crippen LogP contribution in [0.5, 0.6) is 0 Å². The Morgan fingerprint density at radius 2 is 1.58 bits per heavy atom. The molecule has 0 aliphatic rings. The van der Waals surface area contributed by atoms with E-state index in [2.05, 4.69) is 5.32 Å². The van der Waals surface area contributed by atoms with Gasteiger partial charge in [0.1, 0.15) is 5.97 Å². The normalized spacial score (nSPS) is 10.1. The van der Waals surface area contributed by atoms with Crippen molar-refractivity contribution in [3.63, 3.8) is 0 Å². The van der Waals surface area contributed by atoms with Crippen LogP contribution in [0.2, 0.25) is 0 Å². The van der Waals surface area contributed by atoms with Crippen molar-refractivity contribution < 1.29 is 23.1 Å². The molecule has 0 aromatic rings. The van der Waals surface area contributed by atoms with Crippen molar-refractivity contribution in [1.29, 1.82) is 0 Å². The molecule has 0 atom stereocenters. The summed E-state index contributed by atoms with van der Waals surface area (Å²) in [4.78, 5) is 8.78. The van der Waals surface area contributed by atoms with Gasteiger partial charge in [0.15, 0.2) is 0 Å². The molecule has 0 unspecified atom stereocenters. The molecule has 0 saturated carbocycles. The maximum absolute atomic E-state index is 10.5. The van der Waals surface area contributed by atoms with Gasteiger partial charge in [-0.05, 0) is 0 Å². The predicted molar refractivity (Wildman–Crippen MR) is 35.5 cm³/mol. The Labute approximate surface area is 68.6 Å². The molecule has 0 saturated heterocycles. The molecule has 0 aliphatic heterocycles. The van der Waals surface area contributed by atoms with Gasteiger partial charge in [0, 0.05) is 0 Å². The van der Waals surface area contributed by atoms with Crippen molar-refractivity contribution in [2.75, 3.05) is 13.1 Å². The fourth-order valence-corrected chi connectivity index (χ4v) is 0.224. The van der Waals surface area contributed by atoms with Crippen LogP contribution in [0.25, 0.3) is 5.32 Å². The lowest BCUT2D eigenvalue weighted by molar-refractivity contribution is -0.344. The summed E-state index contributed by atoms with van der Waals surface area (Å²) in [5.41, 5.74) is 0. The summed E-state index contributed by atoms with van der Waals surface area (Å²) in [7, 11) is 0. The van der Waals surface area contributed by atoms with Gasteiger partial charge in [-0.15, -0.1) is 0 Å². The number of aliphatic carboxylic acids is 1. The van der Waals surface area contributed by atoms with Crippen LogP contribution >= 0.6 is 0 Å². The van der Waals surface area contributed by atoms with Gasteiger partial charge in [-0.3, -0.25) is 0 Å². The van der Waals surface area contributed by atoms with Gasteiger partial charge in [0.25, 0.3) is 0 Å². The number of rotatable bonds is 2. The third-order valence-electron chi connectivity index (χ3n) is 0.679. The molecule has 0 aromatic heterocycles. The molecule has 0 N–H and O–H groups in total. The lowest BCUT2D eigenvalue weighted by atomic mass is 10.7. The average molecular weight is 185 g/mol. The van der Waals surface area contributed by atoms with E-state index in [1.165, 1.54) is 0 Å². The highest BCUT2D eigenvalue weighted by molar-refractivity contribution is 5.70. The van der Waals surface area contributed by atoms with E-state index in [4.69, 9.17) is 9.90 Å². The van der Waals surface area contributed by atoms with E-state index in [0.717, 1.165) is 13.1 Å². The maximum Gasteiger partial charge on any atom is 0.430 e. The molecule has 0 fully saturated rings. The minimum atomic E-state index is -5.19. The van der Waals surface area contributed by atoms with Crippen molar-refractivity contribution in [2.24, 2.45) is 0 Å². The molecule has 0 aliphatic carbocycles. The number of alkyl halides is 3. The molecular weight excluding hydrogens is 175 g/mol. The van der Waals surface area contributed by atoms with E-state index >= 15 is 0 Å². The third kappa shape index (κ3) is 12.0. The highest BCUT2D eigenvalue weighted by Crippen LogP contribution is 2.11. The minimum Gasteiger partial charge on any atom is -0.663 e. The number of carboxylic acid groups (broad SMARTS) is 1. The molecule has 74 valence electrons. The van der Waals surface area contributed by atoms with Gasteiger partial charge in [-0.2, -0.15) is 26.3 Å². The summed E-state index contributed by atoms with van der Waals surface area (Å²) in [6.45, 7) is 6.03. The second-order valence-electron chi connectivity index (χ2n) is 1.64. The quantitative estimate of drug-likeness (QED) is 0.635. The van der Waals surface area contributed by atoms with Crippen molar-refractivity contribution in [3.05, 3.63) is 5.32 Å². The predicted octanol–water partition coefficient (Wildman–Crippen LogP) is 0.698. The highest BCUT2D eigenvalue weighted by atomic mass is 19.4. The second kappa shape index (κ2) is 6.90. The van der Waals surface area contributed by atoms with Gasteiger partial charge >= 0.3 is 6.18 Å². The number of hydrogen-bond donors (Lipinski definition) is 0. The number of carbonyl (C=O) groups excluding carboxylic acids is 1. The van der Waals surface area contributed by atoms with E-state index in [-0.39, 0.29) is 0 Å². The van der Waals surface area contributed by atoms with Gasteiger partial charge < -0.3 is 15.2 Å². The van der Waals surface area contributed by atoms with E-state index in [1.807, 2.05) is 13.8 Å². The summed E-state index contributed by atoms with van der Waals surface area (Å²) in [5, 5.41) is 12.8. The van der Waals surface area contributed by atoms with E-state index in [9.17, 15) is 13.2 Å². The summed E-state index contributed by atoms with van der Waals surface area (Å²) < 4.78 is 31.5. The molecule has 0 bridgehead atoms. The van der Waals surface area contributed by atoms with E-state index < -0.39 is 12.1 Å². The molecule has 0 amide bonds. The van der Waals surface area contributed by atoms with E-state index in [0.29, 0.717) is 0 Å². The lowest BCUT2D eigenvalue weighted by Gasteiger charge is -2.07. The van der Waals surface area contributed by atoms with Gasteiger partial charge in [-0.25, -0.2) is 0 Å². The summed E-state index contributed by atoms with van der Waals surface area (Å²) in [6.07, 6.45) is -5.19. The molecule has 0 rings (SSSR count). The van der Waals surface area contributed by atoms with Crippen LogP contribution in [0.3, 0.4) is 0 Å². The largest absolute Gasteiger partial charge is 0.663 e. The van der Waals surface area contributed by atoms with Crippen LogP contribution in [0.4, 0.5) is 13.2 Å². The molecular formula is C6H10F3NO2-2. The molecule has 0 aromatic carbocycles. The highest BCUT2D eigenvalue weighted by Gasteiger charge is 2.28. The number of carboxylic acids is 1. The Hall–Kier alpha value is -0.780. The van der Waals surface area contributed by atoms with Crippen LogP contribution in [0.15, 0.2) is 0 Å². The standard InChI is InChI=1S/C4H10N.C2HF3O2/c1-3-5-4-2;3-2(4,5)1(6)7/h3-4H2,1-2H3;(H,6,7)/q-1;/p-1. The maximum atomic E-state index is 10.5. The van der Waals surface area contributed by atoms with Crippen LogP contribution in [-0.4, -0.2) is 25.2 Å². The Morgan fingerprint density at radius 1 is 1.33 bits per heavy atom. The summed E-state index contributed by atoms with van der Waals surface area (Å²) >= 11 is 0. The van der Waals surface area contributed by atoms with Gasteiger partial charge in [0.2, 0.25) is 0 Å². The molecule has 0 radical (unpaired) electrons. The van der Waals surface area contributed by atoms with Crippen molar-refractivity contribution in [2.45, 2.75) is 20.0 Å². The Balaban J connectivity index is 0. The summed E-state index contributed by atoms with van der Waals surface area (Å²) in [5.74, 6) is -3.01. The fourth-order valence-electron chi connectivity index (χ4n) is 0.224. The monoisotopic (exact) mass is 185 g/mol. The average Bonchev–Trinajstić information content (AvgIpc) is 1.88. The zero-order chi connectivity index (χ0) is 10.2. The van der Waals surface area contributed by atoms with Crippen molar-refractivity contribution >= 4 is 5.97 Å². The molecule has 12 heavy (non-hydrogen) atoms. The van der Waals surface area contributed by atoms with Crippen molar-refractivity contribution in [1.82, 2.24) is 0 Å². The van der Waals surface area contributed by atoms with Crippen molar-refractivity contribution in [3.8, 4) is 0 Å². The first-order chi connectivity index (χ1) is 5.36. The number of nitrogens with zero attached hydrogens (tertiary/aromatic N) is 1. The first kappa shape index (κ1) is 13.8. The van der Waals surface area contributed by atoms with Gasteiger partial charge in [-0.1, -0.05) is 13.8 Å². The fraction of sp³-hybridized carbons (Fsp3) is 0.833. The number of carbonyl (C=O) groups is 1. The number of halogens is 3. The summed E-state index contributed by atoms with van der Waals surface area (Å²) in [6, 6.07) is 0. The second-order valence-corrected chi connectivity index (χ2v) is 1.64. The first-order valence-corrected chi connectivity index (χ1v) is 3.27. The Bertz CT molecular complexity index is 122.